The lowest BCUT2D eigenvalue weighted by atomic mass is 10.1. The van der Waals surface area contributed by atoms with Gasteiger partial charge in [-0.2, -0.15) is 0 Å². The van der Waals surface area contributed by atoms with Gasteiger partial charge in [-0.1, -0.05) is 69.6 Å². The molecule has 0 heterocycles. The normalized spacial score (nSPS) is 10.9. The van der Waals surface area contributed by atoms with Gasteiger partial charge in [0.2, 0.25) is 0 Å². The third-order valence-electron chi connectivity index (χ3n) is 3.72. The Morgan fingerprint density at radius 2 is 1.60 bits per heavy atom. The lowest BCUT2D eigenvalue weighted by Crippen LogP contribution is -2.15. The van der Waals surface area contributed by atoms with Crippen LogP contribution in [0.15, 0.2) is 18.2 Å². The van der Waals surface area contributed by atoms with Crippen molar-refractivity contribution in [2.45, 2.75) is 71.8 Å². The molecule has 1 aromatic carbocycles. The Morgan fingerprint density at radius 3 is 2.30 bits per heavy atom. The van der Waals surface area contributed by atoms with Crippen LogP contribution >= 0.6 is 0 Å². The van der Waals surface area contributed by atoms with Crippen molar-refractivity contribution in [3.8, 4) is 0 Å². The van der Waals surface area contributed by atoms with Crippen LogP contribution in [0.25, 0.3) is 0 Å². The van der Waals surface area contributed by atoms with Crippen LogP contribution in [0.3, 0.4) is 0 Å². The molecule has 0 aliphatic carbocycles. The Hall–Kier alpha value is -0.890. The van der Waals surface area contributed by atoms with Gasteiger partial charge in [-0.05, 0) is 26.0 Å². The molecule has 0 fully saturated rings. The number of nitrogens with one attached hydrogen (secondary N) is 1. The zero-order valence-corrected chi connectivity index (χ0v) is 13.2. The molecule has 0 aromatic heterocycles. The van der Waals surface area contributed by atoms with Crippen molar-refractivity contribution in [2.75, 3.05) is 6.54 Å². The van der Waals surface area contributed by atoms with Crippen LogP contribution in [0, 0.1) is 12.7 Å². The topological polar surface area (TPSA) is 12.0 Å². The third-order valence-corrected chi connectivity index (χ3v) is 3.72. The van der Waals surface area contributed by atoms with E-state index in [1.807, 2.05) is 19.1 Å². The summed E-state index contributed by atoms with van der Waals surface area (Å²) in [6, 6.07) is 5.30. The number of unbranched alkanes of at least 4 members (excludes halogenated alkanes) is 7. The average molecular weight is 279 g/mol. The first kappa shape index (κ1) is 17.2. The molecular formula is C18H30FN. The zero-order valence-electron chi connectivity index (χ0n) is 13.2. The Balaban J connectivity index is 1.98. The Kier molecular flexibility index (Phi) is 9.31. The van der Waals surface area contributed by atoms with Crippen LogP contribution in [0.1, 0.15) is 69.4 Å². The number of benzene rings is 1. The van der Waals surface area contributed by atoms with Gasteiger partial charge in [0.25, 0.3) is 0 Å². The second-order valence-electron chi connectivity index (χ2n) is 5.75. The smallest absolute Gasteiger partial charge is 0.127 e. The minimum absolute atomic E-state index is 0.0981. The van der Waals surface area contributed by atoms with E-state index in [2.05, 4.69) is 12.2 Å². The molecule has 1 aromatic rings. The van der Waals surface area contributed by atoms with Crippen molar-refractivity contribution in [3.63, 3.8) is 0 Å². The molecule has 0 atom stereocenters. The van der Waals surface area contributed by atoms with Crippen molar-refractivity contribution < 1.29 is 4.39 Å². The van der Waals surface area contributed by atoms with Crippen LogP contribution in [0.4, 0.5) is 4.39 Å². The van der Waals surface area contributed by atoms with Crippen LogP contribution in [-0.4, -0.2) is 6.54 Å². The molecule has 1 N–H and O–H groups in total. The van der Waals surface area contributed by atoms with Crippen LogP contribution in [0.5, 0.6) is 0 Å². The quantitative estimate of drug-likeness (QED) is 0.537. The molecule has 1 nitrogen and oxygen atoms in total. The summed E-state index contributed by atoms with van der Waals surface area (Å²) in [4.78, 5) is 0. The van der Waals surface area contributed by atoms with E-state index in [1.165, 1.54) is 51.4 Å². The predicted molar refractivity (Wildman–Crippen MR) is 85.5 cm³/mol. The van der Waals surface area contributed by atoms with Crippen LogP contribution in [0.2, 0.25) is 0 Å². The Morgan fingerprint density at radius 1 is 0.950 bits per heavy atom. The van der Waals surface area contributed by atoms with Crippen molar-refractivity contribution in [1.82, 2.24) is 5.32 Å². The average Bonchev–Trinajstić information content (AvgIpc) is 2.44. The van der Waals surface area contributed by atoms with E-state index in [-0.39, 0.29) is 5.82 Å². The summed E-state index contributed by atoms with van der Waals surface area (Å²) in [6.45, 7) is 5.89. The minimum atomic E-state index is -0.0981. The first-order chi connectivity index (χ1) is 9.74. The molecular weight excluding hydrogens is 249 g/mol. The van der Waals surface area contributed by atoms with Gasteiger partial charge in [-0.25, -0.2) is 4.39 Å². The summed E-state index contributed by atoms with van der Waals surface area (Å²) in [6.07, 6.45) is 10.7. The van der Waals surface area contributed by atoms with Gasteiger partial charge in [0.05, 0.1) is 0 Å². The molecule has 0 saturated heterocycles. The van der Waals surface area contributed by atoms with E-state index in [9.17, 15) is 4.39 Å². The summed E-state index contributed by atoms with van der Waals surface area (Å²) in [7, 11) is 0. The summed E-state index contributed by atoms with van der Waals surface area (Å²) < 4.78 is 13.5. The molecule has 0 amide bonds. The van der Waals surface area contributed by atoms with E-state index >= 15 is 0 Å². The molecule has 0 spiro atoms. The lowest BCUT2D eigenvalue weighted by molar-refractivity contribution is 0.545. The molecule has 1 rings (SSSR count). The number of aryl methyl sites for hydroxylation is 1. The summed E-state index contributed by atoms with van der Waals surface area (Å²) in [5.74, 6) is -0.0981. The van der Waals surface area contributed by atoms with Crippen molar-refractivity contribution in [1.29, 1.82) is 0 Å². The van der Waals surface area contributed by atoms with Gasteiger partial charge in [0.1, 0.15) is 5.82 Å². The fraction of sp³-hybridized carbons (Fsp3) is 0.667. The summed E-state index contributed by atoms with van der Waals surface area (Å²) >= 11 is 0. The van der Waals surface area contributed by atoms with Crippen molar-refractivity contribution in [2.24, 2.45) is 0 Å². The maximum atomic E-state index is 13.5. The monoisotopic (exact) mass is 279 g/mol. The largest absolute Gasteiger partial charge is 0.313 e. The molecule has 0 unspecified atom stereocenters. The Bertz CT molecular complexity index is 362. The van der Waals surface area contributed by atoms with E-state index in [0.717, 1.165) is 17.7 Å². The maximum absolute atomic E-state index is 13.5. The highest BCUT2D eigenvalue weighted by atomic mass is 19.1. The van der Waals surface area contributed by atoms with E-state index in [0.29, 0.717) is 6.54 Å². The third kappa shape index (κ3) is 7.64. The van der Waals surface area contributed by atoms with Crippen molar-refractivity contribution in [3.05, 3.63) is 35.1 Å². The number of hydrogen-bond donors (Lipinski definition) is 1. The number of hydrogen-bond acceptors (Lipinski definition) is 1. The van der Waals surface area contributed by atoms with Gasteiger partial charge in [0, 0.05) is 12.1 Å². The molecule has 0 aliphatic heterocycles. The molecule has 20 heavy (non-hydrogen) atoms. The SMILES string of the molecule is CCCCCCCCCCNCc1cc(C)ccc1F. The second-order valence-corrected chi connectivity index (χ2v) is 5.75. The second kappa shape index (κ2) is 10.8. The van der Waals surface area contributed by atoms with Gasteiger partial charge >= 0.3 is 0 Å². The highest BCUT2D eigenvalue weighted by Gasteiger charge is 2.01. The minimum Gasteiger partial charge on any atom is -0.313 e. The van der Waals surface area contributed by atoms with E-state index in [4.69, 9.17) is 0 Å². The molecule has 0 bridgehead atoms. The highest BCUT2D eigenvalue weighted by molar-refractivity contribution is 5.23. The van der Waals surface area contributed by atoms with Gasteiger partial charge in [-0.15, -0.1) is 0 Å². The number of rotatable bonds is 11. The van der Waals surface area contributed by atoms with Gasteiger partial charge in [0.15, 0.2) is 0 Å². The van der Waals surface area contributed by atoms with Gasteiger partial charge < -0.3 is 5.32 Å². The van der Waals surface area contributed by atoms with Gasteiger partial charge in [-0.3, -0.25) is 0 Å². The molecule has 0 radical (unpaired) electrons. The summed E-state index contributed by atoms with van der Waals surface area (Å²) in [5, 5.41) is 3.34. The first-order valence-corrected chi connectivity index (χ1v) is 8.19. The van der Waals surface area contributed by atoms with E-state index < -0.39 is 0 Å². The lowest BCUT2D eigenvalue weighted by Gasteiger charge is -2.07. The zero-order chi connectivity index (χ0) is 14.6. The number of halogens is 1. The summed E-state index contributed by atoms with van der Waals surface area (Å²) in [5.41, 5.74) is 1.90. The predicted octanol–water partition coefficient (Wildman–Crippen LogP) is 5.36. The highest BCUT2D eigenvalue weighted by Crippen LogP contribution is 2.10. The molecule has 2 heteroatoms. The Labute approximate surface area is 124 Å². The van der Waals surface area contributed by atoms with Crippen LogP contribution < -0.4 is 5.32 Å². The first-order valence-electron chi connectivity index (χ1n) is 8.19. The maximum Gasteiger partial charge on any atom is 0.127 e. The molecule has 0 saturated carbocycles. The van der Waals surface area contributed by atoms with E-state index in [1.54, 1.807) is 6.07 Å². The van der Waals surface area contributed by atoms with Crippen molar-refractivity contribution >= 4 is 0 Å². The molecule has 114 valence electrons. The fourth-order valence-corrected chi connectivity index (χ4v) is 2.45. The fourth-order valence-electron chi connectivity index (χ4n) is 2.45. The van der Waals surface area contributed by atoms with Crippen LogP contribution in [-0.2, 0) is 6.54 Å². The molecule has 0 aliphatic rings. The standard InChI is InChI=1S/C18H30FN/c1-3-4-5-6-7-8-9-10-13-20-15-17-14-16(2)11-12-18(17)19/h11-12,14,20H,3-10,13,15H2,1-2H3.